The molecule has 26 heavy (non-hydrogen) atoms. The maximum atomic E-state index is 11.9. The first-order valence-electron chi connectivity index (χ1n) is 8.98. The molecule has 0 unspecified atom stereocenters. The molecule has 2 aromatic heterocycles. The Kier molecular flexibility index (Phi) is 3.71. The fourth-order valence-electron chi connectivity index (χ4n) is 3.80. The van der Waals surface area contributed by atoms with E-state index >= 15 is 0 Å². The van der Waals surface area contributed by atoms with E-state index in [0.29, 0.717) is 5.69 Å². The lowest BCUT2D eigenvalue weighted by Crippen LogP contribution is -2.02. The van der Waals surface area contributed by atoms with Gasteiger partial charge in [-0.2, -0.15) is 0 Å². The van der Waals surface area contributed by atoms with Crippen molar-refractivity contribution < 1.29 is 4.79 Å². The van der Waals surface area contributed by atoms with E-state index in [1.54, 1.807) is 11.3 Å². The normalized spacial score (nSPS) is 13.7. The minimum atomic E-state index is 0.634. The van der Waals surface area contributed by atoms with Crippen LogP contribution in [-0.4, -0.2) is 15.7 Å². The van der Waals surface area contributed by atoms with E-state index in [1.807, 2.05) is 28.8 Å². The highest BCUT2D eigenvalue weighted by Gasteiger charge is 2.18. The highest BCUT2D eigenvalue weighted by Crippen LogP contribution is 2.34. The Morgan fingerprint density at radius 2 is 1.77 bits per heavy atom. The number of thiazole rings is 1. The molecule has 5 rings (SSSR count). The molecular weight excluding hydrogens is 340 g/mol. The van der Waals surface area contributed by atoms with Gasteiger partial charge in [0.05, 0.1) is 4.88 Å². The second-order valence-corrected chi connectivity index (χ2v) is 7.78. The summed E-state index contributed by atoms with van der Waals surface area (Å²) in [6.07, 6.45) is 7.75. The molecule has 0 aliphatic heterocycles. The highest BCUT2D eigenvalue weighted by atomic mass is 32.1. The van der Waals surface area contributed by atoms with Gasteiger partial charge in [-0.25, -0.2) is 4.98 Å². The Bertz CT molecular complexity index is 1110. The topological polar surface area (TPSA) is 34.4 Å². The van der Waals surface area contributed by atoms with Crippen molar-refractivity contribution >= 4 is 22.6 Å². The number of fused-ring (bicyclic) bond motifs is 2. The van der Waals surface area contributed by atoms with Gasteiger partial charge in [0.2, 0.25) is 0 Å². The first-order chi connectivity index (χ1) is 12.8. The zero-order valence-corrected chi connectivity index (χ0v) is 15.1. The Morgan fingerprint density at radius 1 is 0.962 bits per heavy atom. The van der Waals surface area contributed by atoms with Crippen molar-refractivity contribution in [3.8, 4) is 21.7 Å². The minimum absolute atomic E-state index is 0.634. The average Bonchev–Trinajstić information content (AvgIpc) is 3.26. The molecule has 0 radical (unpaired) electrons. The molecule has 4 aromatic rings. The molecule has 0 bridgehead atoms. The predicted molar refractivity (Wildman–Crippen MR) is 106 cm³/mol. The van der Waals surface area contributed by atoms with Crippen molar-refractivity contribution in [3.05, 3.63) is 71.5 Å². The zero-order valence-electron chi connectivity index (χ0n) is 14.3. The summed E-state index contributed by atoms with van der Waals surface area (Å²) >= 11 is 1.62. The van der Waals surface area contributed by atoms with Crippen molar-refractivity contribution in [2.45, 2.75) is 25.7 Å². The summed E-state index contributed by atoms with van der Waals surface area (Å²) < 4.78 is 1.93. The minimum Gasteiger partial charge on any atom is -0.296 e. The summed E-state index contributed by atoms with van der Waals surface area (Å²) in [5.41, 5.74) is 6.47. The van der Waals surface area contributed by atoms with Crippen LogP contribution in [0.5, 0.6) is 0 Å². The number of aromatic nitrogens is 2. The maximum Gasteiger partial charge on any atom is 0.195 e. The third-order valence-corrected chi connectivity index (χ3v) is 6.19. The Balaban J connectivity index is 1.63. The number of carbonyl (C=O) groups is 1. The van der Waals surface area contributed by atoms with Crippen LogP contribution in [0, 0.1) is 0 Å². The Hall–Kier alpha value is -2.72. The van der Waals surface area contributed by atoms with Crippen LogP contribution in [0.1, 0.15) is 34.5 Å². The SMILES string of the molecule is O=Cc1c(-c2ccc3c(c2)CCCC3)nc2sc(-c3ccccc3)cn12. The largest absolute Gasteiger partial charge is 0.296 e. The van der Waals surface area contributed by atoms with Crippen LogP contribution in [-0.2, 0) is 12.8 Å². The monoisotopic (exact) mass is 358 g/mol. The van der Waals surface area contributed by atoms with Crippen LogP contribution in [0.2, 0.25) is 0 Å². The summed E-state index contributed by atoms with van der Waals surface area (Å²) in [5, 5.41) is 0. The number of carbonyl (C=O) groups excluding carboxylic acids is 1. The number of nitrogens with zero attached hydrogens (tertiary/aromatic N) is 2. The fraction of sp³-hybridized carbons (Fsp3) is 0.182. The fourth-order valence-corrected chi connectivity index (χ4v) is 4.80. The van der Waals surface area contributed by atoms with Gasteiger partial charge in [0.1, 0.15) is 11.4 Å². The van der Waals surface area contributed by atoms with Crippen molar-refractivity contribution in [2.24, 2.45) is 0 Å². The molecule has 0 atom stereocenters. The molecule has 0 fully saturated rings. The highest BCUT2D eigenvalue weighted by molar-refractivity contribution is 7.20. The number of hydrogen-bond acceptors (Lipinski definition) is 3. The molecular formula is C22H18N2OS. The van der Waals surface area contributed by atoms with Crippen molar-refractivity contribution in [2.75, 3.05) is 0 Å². The van der Waals surface area contributed by atoms with Gasteiger partial charge in [-0.15, -0.1) is 0 Å². The third-order valence-electron chi connectivity index (χ3n) is 5.16. The molecule has 0 N–H and O–H groups in total. The van der Waals surface area contributed by atoms with E-state index in [4.69, 9.17) is 4.98 Å². The van der Waals surface area contributed by atoms with Crippen LogP contribution < -0.4 is 0 Å². The summed E-state index contributed by atoms with van der Waals surface area (Å²) in [6, 6.07) is 16.8. The van der Waals surface area contributed by atoms with Gasteiger partial charge in [-0.1, -0.05) is 53.8 Å². The summed E-state index contributed by atoms with van der Waals surface area (Å²) in [5.74, 6) is 0. The zero-order chi connectivity index (χ0) is 17.5. The number of rotatable bonds is 3. The molecule has 2 heterocycles. The summed E-state index contributed by atoms with van der Waals surface area (Å²) in [6.45, 7) is 0. The van der Waals surface area contributed by atoms with Gasteiger partial charge in [-0.3, -0.25) is 9.20 Å². The van der Waals surface area contributed by atoms with Gasteiger partial charge in [0.15, 0.2) is 11.2 Å². The predicted octanol–water partition coefficient (Wildman–Crippen LogP) is 5.42. The Morgan fingerprint density at radius 3 is 2.58 bits per heavy atom. The van der Waals surface area contributed by atoms with Crippen molar-refractivity contribution in [1.82, 2.24) is 9.38 Å². The standard InChI is InChI=1S/C22H18N2OS/c25-14-19-21(18-11-10-15-6-4-5-9-17(15)12-18)23-22-24(19)13-20(26-22)16-7-2-1-3-8-16/h1-3,7-8,10-14H,4-6,9H2. The molecule has 3 nitrogen and oxygen atoms in total. The van der Waals surface area contributed by atoms with E-state index in [0.717, 1.165) is 45.8 Å². The first-order valence-corrected chi connectivity index (χ1v) is 9.80. The summed E-state index contributed by atoms with van der Waals surface area (Å²) in [7, 11) is 0. The lowest BCUT2D eigenvalue weighted by atomic mass is 9.90. The van der Waals surface area contributed by atoms with Gasteiger partial charge >= 0.3 is 0 Å². The van der Waals surface area contributed by atoms with Crippen LogP contribution in [0.4, 0.5) is 0 Å². The van der Waals surface area contributed by atoms with Crippen molar-refractivity contribution in [1.29, 1.82) is 0 Å². The molecule has 0 spiro atoms. The second-order valence-electron chi connectivity index (χ2n) is 6.77. The van der Waals surface area contributed by atoms with E-state index in [1.165, 1.54) is 24.0 Å². The smallest absolute Gasteiger partial charge is 0.195 e. The van der Waals surface area contributed by atoms with E-state index in [9.17, 15) is 4.79 Å². The van der Waals surface area contributed by atoms with Crippen LogP contribution >= 0.6 is 11.3 Å². The summed E-state index contributed by atoms with van der Waals surface area (Å²) in [4.78, 5) is 18.6. The molecule has 1 aliphatic carbocycles. The second kappa shape index (κ2) is 6.22. The molecule has 0 saturated carbocycles. The van der Waals surface area contributed by atoms with Gasteiger partial charge in [0.25, 0.3) is 0 Å². The molecule has 4 heteroatoms. The number of aryl methyl sites for hydroxylation is 2. The molecule has 0 amide bonds. The molecule has 1 aliphatic rings. The quantitative estimate of drug-likeness (QED) is 0.458. The number of benzene rings is 2. The Labute approximate surface area is 156 Å². The average molecular weight is 358 g/mol. The van der Waals surface area contributed by atoms with Crippen molar-refractivity contribution in [3.63, 3.8) is 0 Å². The lowest BCUT2D eigenvalue weighted by molar-refractivity contribution is 0.111. The first kappa shape index (κ1) is 15.5. The maximum absolute atomic E-state index is 11.9. The van der Waals surface area contributed by atoms with Crippen LogP contribution in [0.3, 0.4) is 0 Å². The van der Waals surface area contributed by atoms with E-state index < -0.39 is 0 Å². The van der Waals surface area contributed by atoms with Gasteiger partial charge < -0.3 is 0 Å². The molecule has 2 aromatic carbocycles. The van der Waals surface area contributed by atoms with Crippen LogP contribution in [0.25, 0.3) is 26.7 Å². The number of hydrogen-bond donors (Lipinski definition) is 0. The van der Waals surface area contributed by atoms with Crippen LogP contribution in [0.15, 0.2) is 54.7 Å². The van der Waals surface area contributed by atoms with E-state index in [-0.39, 0.29) is 0 Å². The molecule has 128 valence electrons. The number of aldehydes is 1. The van der Waals surface area contributed by atoms with Gasteiger partial charge in [0, 0.05) is 11.8 Å². The number of imidazole rings is 1. The molecule has 0 saturated heterocycles. The van der Waals surface area contributed by atoms with E-state index in [2.05, 4.69) is 30.3 Å². The lowest BCUT2D eigenvalue weighted by Gasteiger charge is -2.16. The third kappa shape index (κ3) is 2.49. The van der Waals surface area contributed by atoms with Gasteiger partial charge in [-0.05, 0) is 48.4 Å².